The Morgan fingerprint density at radius 2 is 1.18 bits per heavy atom. The summed E-state index contributed by atoms with van der Waals surface area (Å²) < 4.78 is 0. The Hall–Kier alpha value is -2.54. The molecule has 0 saturated heterocycles. The van der Waals surface area contributed by atoms with E-state index in [4.69, 9.17) is 0 Å². The van der Waals surface area contributed by atoms with Crippen LogP contribution in [0.3, 0.4) is 0 Å². The average molecular weight is 372 g/mol. The second-order valence-corrected chi connectivity index (χ2v) is 8.00. The highest BCUT2D eigenvalue weighted by Gasteiger charge is 2.25. The van der Waals surface area contributed by atoms with Crippen molar-refractivity contribution >= 4 is 23.4 Å². The second-order valence-electron chi connectivity index (χ2n) is 8.00. The number of rotatable bonds is 4. The van der Waals surface area contributed by atoms with Crippen LogP contribution >= 0.6 is 0 Å². The number of nitrogens with zero attached hydrogens (tertiary/aromatic N) is 1. The van der Waals surface area contributed by atoms with E-state index >= 15 is 0 Å². The molecule has 0 spiro atoms. The fourth-order valence-electron chi connectivity index (χ4n) is 4.79. The van der Waals surface area contributed by atoms with E-state index in [9.17, 15) is 0 Å². The lowest BCUT2D eigenvalue weighted by Gasteiger charge is -2.25. The molecule has 0 amide bonds. The minimum Gasteiger partial charge on any atom is -0.344 e. The van der Waals surface area contributed by atoms with Crippen LogP contribution in [0.5, 0.6) is 0 Å². The molecule has 0 radical (unpaired) electrons. The number of hydrogen-bond donors (Lipinski definition) is 0. The molecule has 0 bridgehead atoms. The Bertz CT molecular complexity index is 939. The van der Waals surface area contributed by atoms with Gasteiger partial charge >= 0.3 is 0 Å². The predicted octanol–water partition coefficient (Wildman–Crippen LogP) is 7.63. The van der Waals surface area contributed by atoms with Crippen molar-refractivity contribution in [2.75, 3.05) is 11.4 Å². The van der Waals surface area contributed by atoms with E-state index in [0.717, 1.165) is 13.0 Å². The third-order valence-electron chi connectivity index (χ3n) is 5.79. The van der Waals surface area contributed by atoms with Crippen molar-refractivity contribution in [3.8, 4) is 0 Å². The molecule has 28 heavy (non-hydrogen) atoms. The van der Waals surface area contributed by atoms with Gasteiger partial charge in [0.25, 0.3) is 0 Å². The lowest BCUT2D eigenvalue weighted by atomic mass is 9.91. The summed E-state index contributed by atoms with van der Waals surface area (Å²) in [6, 6.07) is 9.23. The summed E-state index contributed by atoms with van der Waals surface area (Å²) in [5.41, 5.74) is 13.7. The summed E-state index contributed by atoms with van der Waals surface area (Å²) in [6.07, 6.45) is 9.69. The largest absolute Gasteiger partial charge is 0.344 e. The van der Waals surface area contributed by atoms with E-state index in [-0.39, 0.29) is 0 Å². The van der Waals surface area contributed by atoms with Crippen LogP contribution < -0.4 is 4.90 Å². The lowest BCUT2D eigenvalue weighted by Crippen LogP contribution is -2.19. The van der Waals surface area contributed by atoms with Gasteiger partial charge in [-0.05, 0) is 112 Å². The molecule has 1 heterocycles. The molecule has 0 unspecified atom stereocenters. The van der Waals surface area contributed by atoms with Crippen LogP contribution in [0.4, 0.5) is 5.69 Å². The van der Waals surface area contributed by atoms with Crippen LogP contribution in [0.15, 0.2) is 42.1 Å². The molecule has 0 atom stereocenters. The molecular weight excluding hydrogens is 338 g/mol. The Morgan fingerprint density at radius 3 is 1.64 bits per heavy atom. The number of hydrogen-bond acceptors (Lipinski definition) is 1. The summed E-state index contributed by atoms with van der Waals surface area (Å²) in [5.74, 6) is 0. The molecule has 146 valence electrons. The van der Waals surface area contributed by atoms with Crippen molar-refractivity contribution in [1.29, 1.82) is 0 Å². The van der Waals surface area contributed by atoms with Gasteiger partial charge in [0, 0.05) is 17.9 Å². The van der Waals surface area contributed by atoms with Gasteiger partial charge in [-0.2, -0.15) is 0 Å². The normalized spacial score (nSPS) is 14.9. The smallest absolute Gasteiger partial charge is 0.0468 e. The third kappa shape index (κ3) is 3.71. The van der Waals surface area contributed by atoms with Crippen molar-refractivity contribution in [1.82, 2.24) is 0 Å². The molecule has 0 aliphatic carbocycles. The first-order valence-electron chi connectivity index (χ1n) is 10.3. The maximum Gasteiger partial charge on any atom is 0.0468 e. The Labute approximate surface area is 171 Å². The van der Waals surface area contributed by atoms with Crippen molar-refractivity contribution < 1.29 is 0 Å². The monoisotopic (exact) mass is 371 g/mol. The standard InChI is InChI=1S/C27H33N/c1-8-10-23-14-18(3)26(19(4)15-23)25-12-13-28(22(25)7)27-20(5)16-24(11-9-2)17-21(27)6/h8-11,14-17H,12-13H2,1-7H3/b10-8+,11-9+. The van der Waals surface area contributed by atoms with Crippen molar-refractivity contribution in [2.45, 2.75) is 54.9 Å². The second kappa shape index (κ2) is 8.22. The molecule has 0 N–H and O–H groups in total. The molecule has 2 aromatic rings. The van der Waals surface area contributed by atoms with Gasteiger partial charge in [0.2, 0.25) is 0 Å². The molecular formula is C27H33N. The van der Waals surface area contributed by atoms with E-state index in [1.54, 1.807) is 0 Å². The number of aryl methyl sites for hydroxylation is 4. The Balaban J connectivity index is 2.07. The van der Waals surface area contributed by atoms with Gasteiger partial charge in [0.05, 0.1) is 0 Å². The third-order valence-corrected chi connectivity index (χ3v) is 5.79. The van der Waals surface area contributed by atoms with Gasteiger partial charge in [0.15, 0.2) is 0 Å². The molecule has 0 aromatic heterocycles. The van der Waals surface area contributed by atoms with Crippen molar-refractivity contribution in [3.63, 3.8) is 0 Å². The lowest BCUT2D eigenvalue weighted by molar-refractivity contribution is 0.956. The first kappa shape index (κ1) is 20.2. The van der Waals surface area contributed by atoms with E-state index < -0.39 is 0 Å². The van der Waals surface area contributed by atoms with Gasteiger partial charge in [-0.25, -0.2) is 0 Å². The molecule has 2 aromatic carbocycles. The maximum absolute atomic E-state index is 2.53. The van der Waals surface area contributed by atoms with Crippen LogP contribution in [-0.2, 0) is 0 Å². The Morgan fingerprint density at radius 1 is 0.714 bits per heavy atom. The van der Waals surface area contributed by atoms with Gasteiger partial charge in [0.1, 0.15) is 0 Å². The van der Waals surface area contributed by atoms with E-state index in [1.165, 1.54) is 55.9 Å². The number of allylic oxidation sites excluding steroid dienone is 3. The van der Waals surface area contributed by atoms with Crippen LogP contribution in [0.2, 0.25) is 0 Å². The fourth-order valence-corrected chi connectivity index (χ4v) is 4.79. The van der Waals surface area contributed by atoms with Gasteiger partial charge < -0.3 is 4.90 Å². The highest BCUT2D eigenvalue weighted by molar-refractivity contribution is 5.82. The molecule has 0 saturated carbocycles. The molecule has 3 rings (SSSR count). The summed E-state index contributed by atoms with van der Waals surface area (Å²) in [6.45, 7) is 16.5. The van der Waals surface area contributed by atoms with Gasteiger partial charge in [-0.1, -0.05) is 36.4 Å². The molecule has 1 aliphatic heterocycles. The zero-order valence-electron chi connectivity index (χ0n) is 18.5. The van der Waals surface area contributed by atoms with Crippen LogP contribution in [0, 0.1) is 27.7 Å². The maximum atomic E-state index is 2.53. The zero-order chi connectivity index (χ0) is 20.4. The summed E-state index contributed by atoms with van der Waals surface area (Å²) in [7, 11) is 0. The molecule has 0 fully saturated rings. The highest BCUT2D eigenvalue weighted by Crippen LogP contribution is 2.40. The quantitative estimate of drug-likeness (QED) is 0.534. The SMILES string of the molecule is C/C=C/c1cc(C)c(C2=C(C)N(c3c(C)cc(/C=C/C)cc3C)CC2)c(C)c1. The summed E-state index contributed by atoms with van der Waals surface area (Å²) in [5, 5.41) is 0. The zero-order valence-corrected chi connectivity index (χ0v) is 18.5. The first-order valence-corrected chi connectivity index (χ1v) is 10.3. The topological polar surface area (TPSA) is 3.24 Å². The van der Waals surface area contributed by atoms with E-state index in [0.29, 0.717) is 0 Å². The Kier molecular flexibility index (Phi) is 5.93. The predicted molar refractivity (Wildman–Crippen MR) is 126 cm³/mol. The molecule has 1 aliphatic rings. The van der Waals surface area contributed by atoms with E-state index in [2.05, 4.69) is 102 Å². The highest BCUT2D eigenvalue weighted by atomic mass is 15.2. The van der Waals surface area contributed by atoms with E-state index in [1.807, 2.05) is 0 Å². The summed E-state index contributed by atoms with van der Waals surface area (Å²) in [4.78, 5) is 2.53. The van der Waals surface area contributed by atoms with Crippen LogP contribution in [-0.4, -0.2) is 6.54 Å². The number of anilines is 1. The minimum atomic E-state index is 1.06. The van der Waals surface area contributed by atoms with Crippen molar-refractivity contribution in [2.24, 2.45) is 0 Å². The molecule has 1 heteroatoms. The van der Waals surface area contributed by atoms with Crippen molar-refractivity contribution in [3.05, 3.63) is 81.1 Å². The first-order chi connectivity index (χ1) is 13.4. The molecule has 1 nitrogen and oxygen atoms in total. The number of benzene rings is 2. The summed E-state index contributed by atoms with van der Waals surface area (Å²) >= 11 is 0. The fraction of sp³-hybridized carbons (Fsp3) is 0.333. The average Bonchev–Trinajstić information content (AvgIpc) is 2.96. The van der Waals surface area contributed by atoms with Gasteiger partial charge in [-0.15, -0.1) is 0 Å². The minimum absolute atomic E-state index is 1.06. The van der Waals surface area contributed by atoms with Gasteiger partial charge in [-0.3, -0.25) is 0 Å². The van der Waals surface area contributed by atoms with Crippen LogP contribution in [0.25, 0.3) is 17.7 Å². The van der Waals surface area contributed by atoms with Crippen LogP contribution in [0.1, 0.15) is 66.1 Å².